The van der Waals surface area contributed by atoms with Crippen molar-refractivity contribution >= 4 is 21.2 Å². The van der Waals surface area contributed by atoms with E-state index in [4.69, 9.17) is 0 Å². The molecule has 0 saturated carbocycles. The third-order valence-electron chi connectivity index (χ3n) is 2.67. The lowest BCUT2D eigenvalue weighted by molar-refractivity contribution is -0.384. The van der Waals surface area contributed by atoms with Gasteiger partial charge in [0.05, 0.1) is 10.7 Å². The maximum Gasteiger partial charge on any atom is 0.292 e. The van der Waals surface area contributed by atoms with E-state index in [1.54, 1.807) is 26.0 Å². The van der Waals surface area contributed by atoms with Gasteiger partial charge in [0.2, 0.25) is 0 Å². The molecule has 0 aliphatic heterocycles. The smallest absolute Gasteiger partial charge is 0.292 e. The Hall–Kier alpha value is -1.63. The van der Waals surface area contributed by atoms with Crippen LogP contribution in [0.4, 0.5) is 11.4 Å². The van der Waals surface area contributed by atoms with E-state index in [2.05, 4.69) is 5.32 Å². The summed E-state index contributed by atoms with van der Waals surface area (Å²) >= 11 is 0. The summed E-state index contributed by atoms with van der Waals surface area (Å²) in [5, 5.41) is 13.9. The highest BCUT2D eigenvalue weighted by Gasteiger charge is 2.16. The maximum absolute atomic E-state index is 11.1. The Morgan fingerprint density at radius 2 is 2.05 bits per heavy atom. The summed E-state index contributed by atoms with van der Waals surface area (Å²) in [5.74, 6) is 0.0564. The third kappa shape index (κ3) is 5.25. The van der Waals surface area contributed by atoms with Crippen LogP contribution < -0.4 is 5.32 Å². The van der Waals surface area contributed by atoms with E-state index in [9.17, 15) is 18.5 Å². The van der Waals surface area contributed by atoms with Crippen LogP contribution in [0.1, 0.15) is 18.9 Å². The van der Waals surface area contributed by atoms with Crippen molar-refractivity contribution in [1.29, 1.82) is 0 Å². The molecule has 19 heavy (non-hydrogen) atoms. The number of rotatable bonds is 6. The van der Waals surface area contributed by atoms with Gasteiger partial charge in [-0.2, -0.15) is 0 Å². The van der Waals surface area contributed by atoms with Crippen molar-refractivity contribution in [2.75, 3.05) is 17.3 Å². The van der Waals surface area contributed by atoms with Gasteiger partial charge < -0.3 is 5.32 Å². The molecule has 1 N–H and O–H groups in total. The summed E-state index contributed by atoms with van der Waals surface area (Å²) in [6, 6.07) is 4.75. The lowest BCUT2D eigenvalue weighted by Gasteiger charge is -2.15. The van der Waals surface area contributed by atoms with Crippen LogP contribution in [0.25, 0.3) is 0 Å². The Kier molecular flexibility index (Phi) is 4.88. The number of nitrogens with one attached hydrogen (secondary N) is 1. The van der Waals surface area contributed by atoms with E-state index >= 15 is 0 Å². The molecule has 0 aliphatic rings. The van der Waals surface area contributed by atoms with Crippen LogP contribution in [0, 0.1) is 17.0 Å². The van der Waals surface area contributed by atoms with Gasteiger partial charge >= 0.3 is 0 Å². The van der Waals surface area contributed by atoms with Crippen LogP contribution >= 0.6 is 0 Å². The van der Waals surface area contributed by atoms with Crippen LogP contribution in [0.3, 0.4) is 0 Å². The van der Waals surface area contributed by atoms with Crippen molar-refractivity contribution in [3.8, 4) is 0 Å². The van der Waals surface area contributed by atoms with Crippen molar-refractivity contribution in [2.24, 2.45) is 0 Å². The summed E-state index contributed by atoms with van der Waals surface area (Å²) in [4.78, 5) is 10.5. The average molecular weight is 286 g/mol. The standard InChI is InChI=1S/C12H18N2O4S/c1-9-4-5-11(12(8-9)14(15)16)13-10(2)6-7-19(3,17)18/h4-5,8,10,13H,6-7H2,1-3H3. The largest absolute Gasteiger partial charge is 0.377 e. The first kappa shape index (κ1) is 15.4. The number of benzene rings is 1. The van der Waals surface area contributed by atoms with Crippen LogP contribution in [0.15, 0.2) is 18.2 Å². The molecule has 0 saturated heterocycles. The number of nitrogens with zero attached hydrogens (tertiary/aromatic N) is 1. The summed E-state index contributed by atoms with van der Waals surface area (Å²) in [6.07, 6.45) is 1.58. The Morgan fingerprint density at radius 3 is 2.58 bits per heavy atom. The number of nitro benzene ring substituents is 1. The lowest BCUT2D eigenvalue weighted by atomic mass is 10.1. The van der Waals surface area contributed by atoms with Crippen LogP contribution in [0.5, 0.6) is 0 Å². The maximum atomic E-state index is 11.1. The average Bonchev–Trinajstić information content (AvgIpc) is 2.28. The third-order valence-corrected chi connectivity index (χ3v) is 3.65. The normalized spacial score (nSPS) is 13.0. The number of sulfone groups is 1. The first-order chi connectivity index (χ1) is 8.69. The molecule has 6 nitrogen and oxygen atoms in total. The molecular formula is C12H18N2O4S. The van der Waals surface area contributed by atoms with Crippen molar-refractivity contribution in [3.05, 3.63) is 33.9 Å². The molecule has 0 bridgehead atoms. The quantitative estimate of drug-likeness (QED) is 0.639. The number of aryl methyl sites for hydroxylation is 1. The topological polar surface area (TPSA) is 89.3 Å². The molecule has 1 aromatic rings. The van der Waals surface area contributed by atoms with Crippen molar-refractivity contribution in [3.63, 3.8) is 0 Å². The monoisotopic (exact) mass is 286 g/mol. The van der Waals surface area contributed by atoms with Crippen molar-refractivity contribution in [2.45, 2.75) is 26.3 Å². The molecule has 7 heteroatoms. The Balaban J connectivity index is 2.79. The first-order valence-corrected chi connectivity index (χ1v) is 7.94. The van der Waals surface area contributed by atoms with E-state index in [0.29, 0.717) is 12.1 Å². The molecule has 0 aliphatic carbocycles. The highest BCUT2D eigenvalue weighted by atomic mass is 32.2. The van der Waals surface area contributed by atoms with E-state index in [0.717, 1.165) is 5.56 Å². The van der Waals surface area contributed by atoms with Crippen molar-refractivity contribution < 1.29 is 13.3 Å². The molecule has 0 fully saturated rings. The minimum absolute atomic E-state index is 0.00575. The molecule has 0 amide bonds. The van der Waals surface area contributed by atoms with Gasteiger partial charge in [-0.05, 0) is 31.9 Å². The molecule has 0 spiro atoms. The number of hydrogen-bond acceptors (Lipinski definition) is 5. The second-order valence-corrected chi connectivity index (χ2v) is 7.00. The molecule has 1 atom stereocenters. The fraction of sp³-hybridized carbons (Fsp3) is 0.500. The highest BCUT2D eigenvalue weighted by molar-refractivity contribution is 7.90. The summed E-state index contributed by atoms with van der Waals surface area (Å²) < 4.78 is 22.1. The first-order valence-electron chi connectivity index (χ1n) is 5.88. The van der Waals surface area contributed by atoms with Gasteiger partial charge in [0.15, 0.2) is 0 Å². The zero-order valence-electron chi connectivity index (χ0n) is 11.2. The molecule has 1 rings (SSSR count). The molecule has 0 radical (unpaired) electrons. The predicted octanol–water partition coefficient (Wildman–Crippen LogP) is 2.14. The molecule has 0 heterocycles. The van der Waals surface area contributed by atoms with Gasteiger partial charge in [0.1, 0.15) is 15.5 Å². The molecule has 1 unspecified atom stereocenters. The fourth-order valence-corrected chi connectivity index (χ4v) is 2.42. The second kappa shape index (κ2) is 6.01. The van der Waals surface area contributed by atoms with E-state index < -0.39 is 14.8 Å². The fourth-order valence-electron chi connectivity index (χ4n) is 1.64. The zero-order valence-corrected chi connectivity index (χ0v) is 12.0. The van der Waals surface area contributed by atoms with Gasteiger partial charge in [-0.3, -0.25) is 10.1 Å². The van der Waals surface area contributed by atoms with E-state index in [-0.39, 0.29) is 17.5 Å². The predicted molar refractivity (Wildman–Crippen MR) is 75.2 cm³/mol. The summed E-state index contributed by atoms with van der Waals surface area (Å²) in [7, 11) is -3.02. The van der Waals surface area contributed by atoms with Gasteiger partial charge in [-0.25, -0.2) is 8.42 Å². The minimum atomic E-state index is -3.02. The molecule has 106 valence electrons. The van der Waals surface area contributed by atoms with Gasteiger partial charge in [-0.1, -0.05) is 6.07 Å². The zero-order chi connectivity index (χ0) is 14.6. The van der Waals surface area contributed by atoms with Gasteiger partial charge in [-0.15, -0.1) is 0 Å². The minimum Gasteiger partial charge on any atom is -0.377 e. The summed E-state index contributed by atoms with van der Waals surface area (Å²) in [5.41, 5.74) is 1.23. The van der Waals surface area contributed by atoms with Crippen molar-refractivity contribution in [1.82, 2.24) is 0 Å². The van der Waals surface area contributed by atoms with Crippen LogP contribution in [0.2, 0.25) is 0 Å². The van der Waals surface area contributed by atoms with Gasteiger partial charge in [0, 0.05) is 18.4 Å². The molecular weight excluding hydrogens is 268 g/mol. The number of anilines is 1. The van der Waals surface area contributed by atoms with Gasteiger partial charge in [0.25, 0.3) is 5.69 Å². The Labute approximate surface area is 112 Å². The van der Waals surface area contributed by atoms with E-state index in [1.165, 1.54) is 12.3 Å². The highest BCUT2D eigenvalue weighted by Crippen LogP contribution is 2.26. The number of nitro groups is 1. The van der Waals surface area contributed by atoms with Crippen LogP contribution in [-0.4, -0.2) is 31.4 Å². The Morgan fingerprint density at radius 1 is 1.42 bits per heavy atom. The molecule has 0 aromatic heterocycles. The lowest BCUT2D eigenvalue weighted by Crippen LogP contribution is -2.20. The second-order valence-electron chi connectivity index (χ2n) is 4.74. The Bertz CT molecular complexity index is 569. The number of hydrogen-bond donors (Lipinski definition) is 1. The molecule has 1 aromatic carbocycles. The van der Waals surface area contributed by atoms with E-state index in [1.807, 2.05) is 0 Å². The summed E-state index contributed by atoms with van der Waals surface area (Å²) in [6.45, 7) is 3.58. The van der Waals surface area contributed by atoms with Crippen LogP contribution in [-0.2, 0) is 9.84 Å². The SMILES string of the molecule is Cc1ccc(NC(C)CCS(C)(=O)=O)c([N+](=O)[O-])c1.